The van der Waals surface area contributed by atoms with Crippen LogP contribution in [0.3, 0.4) is 0 Å². The molecule has 0 spiro atoms. The molecule has 0 heterocycles. The Labute approximate surface area is 133 Å². The minimum absolute atomic E-state index is 0.324. The number of benzene rings is 2. The molecule has 0 saturated carbocycles. The van der Waals surface area contributed by atoms with Gasteiger partial charge in [0.25, 0.3) is 0 Å². The van der Waals surface area contributed by atoms with Gasteiger partial charge < -0.3 is 0 Å². The molecule has 19 heavy (non-hydrogen) atoms. The van der Waals surface area contributed by atoms with Gasteiger partial charge in [-0.3, -0.25) is 0 Å². The molecule has 0 saturated heterocycles. The third-order valence-corrected chi connectivity index (χ3v) is 3.85. The Bertz CT molecular complexity index is 492. The summed E-state index contributed by atoms with van der Waals surface area (Å²) in [6.45, 7) is 2.02. The Hall–Kier alpha value is -0.400. The second-order valence-electron chi connectivity index (χ2n) is 4.44. The summed E-state index contributed by atoms with van der Waals surface area (Å²) in [5.41, 5.74) is 3.06. The van der Waals surface area contributed by atoms with E-state index in [2.05, 4.69) is 0 Å². The Morgan fingerprint density at radius 1 is 0.789 bits per heavy atom. The summed E-state index contributed by atoms with van der Waals surface area (Å²) in [5, 5.41) is 0.663. The van der Waals surface area contributed by atoms with Gasteiger partial charge in [-0.1, -0.05) is 88.4 Å². The predicted molar refractivity (Wildman–Crippen MR) is 84.8 cm³/mol. The smallest absolute Gasteiger partial charge is 0.0843 e. The van der Waals surface area contributed by atoms with Crippen molar-refractivity contribution in [2.24, 2.45) is 0 Å². The van der Waals surface area contributed by atoms with Gasteiger partial charge in [0, 0.05) is 5.02 Å². The third kappa shape index (κ3) is 3.79. The summed E-state index contributed by atoms with van der Waals surface area (Å²) in [4.78, 5) is 0. The first-order valence-electron chi connectivity index (χ1n) is 5.76. The molecular weight excluding hydrogens is 322 g/mol. The van der Waals surface area contributed by atoms with Crippen LogP contribution in [-0.4, -0.2) is 3.79 Å². The highest BCUT2D eigenvalue weighted by Gasteiger charge is 2.35. The molecule has 1 atom stereocenters. The topological polar surface area (TPSA) is 0 Å². The summed E-state index contributed by atoms with van der Waals surface area (Å²) in [5.74, 6) is -0.324. The lowest BCUT2D eigenvalue weighted by Gasteiger charge is -2.25. The van der Waals surface area contributed by atoms with E-state index in [0.717, 1.165) is 11.1 Å². The predicted octanol–water partition coefficient (Wildman–Crippen LogP) is 6.15. The molecule has 0 radical (unpaired) electrons. The second kappa shape index (κ2) is 5.93. The monoisotopic (exact) mass is 332 g/mol. The summed E-state index contributed by atoms with van der Waals surface area (Å²) < 4.78 is -1.41. The molecule has 0 aliphatic heterocycles. The van der Waals surface area contributed by atoms with Gasteiger partial charge >= 0.3 is 0 Å². The van der Waals surface area contributed by atoms with E-state index in [1.807, 2.05) is 43.3 Å². The van der Waals surface area contributed by atoms with E-state index in [9.17, 15) is 0 Å². The van der Waals surface area contributed by atoms with Crippen LogP contribution in [0.4, 0.5) is 0 Å². The van der Waals surface area contributed by atoms with E-state index in [1.165, 1.54) is 5.56 Å². The van der Waals surface area contributed by atoms with E-state index < -0.39 is 3.79 Å². The lowest BCUT2D eigenvalue weighted by Crippen LogP contribution is -2.18. The summed E-state index contributed by atoms with van der Waals surface area (Å²) >= 11 is 24.3. The van der Waals surface area contributed by atoms with E-state index in [0.29, 0.717) is 5.02 Å². The van der Waals surface area contributed by atoms with Crippen molar-refractivity contribution in [3.63, 3.8) is 0 Å². The Morgan fingerprint density at radius 2 is 1.21 bits per heavy atom. The van der Waals surface area contributed by atoms with Gasteiger partial charge in [0.1, 0.15) is 0 Å². The molecule has 0 N–H and O–H groups in total. The minimum Gasteiger partial charge on any atom is -0.0843 e. The van der Waals surface area contributed by atoms with Gasteiger partial charge in [0.2, 0.25) is 3.79 Å². The fourth-order valence-electron chi connectivity index (χ4n) is 1.98. The number of hydrogen-bond acceptors (Lipinski definition) is 0. The maximum Gasteiger partial charge on any atom is 0.201 e. The van der Waals surface area contributed by atoms with Gasteiger partial charge in [0.15, 0.2) is 0 Å². The van der Waals surface area contributed by atoms with E-state index in [-0.39, 0.29) is 5.92 Å². The van der Waals surface area contributed by atoms with Crippen molar-refractivity contribution in [3.05, 3.63) is 70.2 Å². The zero-order valence-electron chi connectivity index (χ0n) is 10.2. The van der Waals surface area contributed by atoms with Crippen molar-refractivity contribution in [2.45, 2.75) is 16.6 Å². The molecule has 0 aliphatic carbocycles. The van der Waals surface area contributed by atoms with Crippen LogP contribution in [-0.2, 0) is 0 Å². The van der Waals surface area contributed by atoms with Crippen molar-refractivity contribution < 1.29 is 0 Å². The largest absolute Gasteiger partial charge is 0.201 e. The maximum atomic E-state index is 6.15. The highest BCUT2D eigenvalue weighted by molar-refractivity contribution is 6.68. The molecule has 0 aliphatic rings. The van der Waals surface area contributed by atoms with Crippen LogP contribution in [0.5, 0.6) is 0 Å². The molecule has 2 aromatic rings. The second-order valence-corrected chi connectivity index (χ2v) is 7.24. The molecule has 1 unspecified atom stereocenters. The van der Waals surface area contributed by atoms with Crippen LogP contribution in [0.15, 0.2) is 48.5 Å². The first-order chi connectivity index (χ1) is 8.88. The van der Waals surface area contributed by atoms with Crippen LogP contribution in [0, 0.1) is 6.92 Å². The molecule has 0 bridgehead atoms. The average Bonchev–Trinajstić information content (AvgIpc) is 2.33. The van der Waals surface area contributed by atoms with Crippen LogP contribution < -0.4 is 0 Å². The van der Waals surface area contributed by atoms with Crippen molar-refractivity contribution >= 4 is 46.4 Å². The number of aryl methyl sites for hydroxylation is 1. The summed E-state index contributed by atoms with van der Waals surface area (Å²) in [7, 11) is 0. The maximum absolute atomic E-state index is 6.15. The summed E-state index contributed by atoms with van der Waals surface area (Å²) in [6.07, 6.45) is 0. The Kier molecular flexibility index (Phi) is 4.68. The molecule has 100 valence electrons. The number of alkyl halides is 3. The van der Waals surface area contributed by atoms with Crippen molar-refractivity contribution in [2.75, 3.05) is 0 Å². The average molecular weight is 334 g/mol. The lowest BCUT2D eigenvalue weighted by atomic mass is 9.92. The van der Waals surface area contributed by atoms with Crippen LogP contribution in [0.2, 0.25) is 5.02 Å². The zero-order chi connectivity index (χ0) is 14.0. The number of hydrogen-bond donors (Lipinski definition) is 0. The zero-order valence-corrected chi connectivity index (χ0v) is 13.2. The SMILES string of the molecule is Cc1ccc(C(c2ccc(Cl)cc2)C(Cl)(Cl)Cl)cc1. The normalized spacial score (nSPS) is 13.3. The molecule has 2 aromatic carbocycles. The van der Waals surface area contributed by atoms with E-state index in [1.54, 1.807) is 12.1 Å². The third-order valence-electron chi connectivity index (χ3n) is 2.94. The van der Waals surface area contributed by atoms with Gasteiger partial charge in [-0.25, -0.2) is 0 Å². The molecule has 0 amide bonds. The van der Waals surface area contributed by atoms with Gasteiger partial charge in [-0.05, 0) is 30.2 Å². The standard InChI is InChI=1S/C15H12Cl4/c1-10-2-4-11(5-3-10)14(15(17,18)19)12-6-8-13(16)9-7-12/h2-9,14H,1H3. The van der Waals surface area contributed by atoms with Crippen molar-refractivity contribution in [3.8, 4) is 0 Å². The quantitative estimate of drug-likeness (QED) is 0.578. The first-order valence-corrected chi connectivity index (χ1v) is 7.28. The molecular formula is C15H12Cl4. The number of halogens is 4. The molecule has 0 aromatic heterocycles. The highest BCUT2D eigenvalue weighted by atomic mass is 35.6. The molecule has 0 nitrogen and oxygen atoms in total. The molecule has 0 fully saturated rings. The minimum atomic E-state index is -1.41. The summed E-state index contributed by atoms with van der Waals surface area (Å²) in [6, 6.07) is 15.3. The van der Waals surface area contributed by atoms with Gasteiger partial charge in [0.05, 0.1) is 5.92 Å². The lowest BCUT2D eigenvalue weighted by molar-refractivity contribution is 0.839. The van der Waals surface area contributed by atoms with Gasteiger partial charge in [-0.15, -0.1) is 0 Å². The van der Waals surface area contributed by atoms with Crippen molar-refractivity contribution in [1.82, 2.24) is 0 Å². The highest BCUT2D eigenvalue weighted by Crippen LogP contribution is 2.45. The Balaban J connectivity index is 2.47. The molecule has 2 rings (SSSR count). The fourth-order valence-corrected chi connectivity index (χ4v) is 2.87. The van der Waals surface area contributed by atoms with Crippen molar-refractivity contribution in [1.29, 1.82) is 0 Å². The van der Waals surface area contributed by atoms with E-state index >= 15 is 0 Å². The van der Waals surface area contributed by atoms with Crippen LogP contribution in [0.25, 0.3) is 0 Å². The van der Waals surface area contributed by atoms with E-state index in [4.69, 9.17) is 46.4 Å². The van der Waals surface area contributed by atoms with Crippen LogP contribution >= 0.6 is 46.4 Å². The number of rotatable bonds is 2. The molecule has 4 heteroatoms. The Morgan fingerprint density at radius 3 is 1.63 bits per heavy atom. The fraction of sp³-hybridized carbons (Fsp3) is 0.200. The van der Waals surface area contributed by atoms with Gasteiger partial charge in [-0.2, -0.15) is 0 Å². The van der Waals surface area contributed by atoms with Crippen LogP contribution in [0.1, 0.15) is 22.6 Å². The first kappa shape index (κ1) is 15.0.